The fourth-order valence-corrected chi connectivity index (χ4v) is 3.11. The maximum absolute atomic E-state index is 12.5. The van der Waals surface area contributed by atoms with Crippen molar-refractivity contribution in [3.8, 4) is 5.75 Å². The van der Waals surface area contributed by atoms with Crippen molar-refractivity contribution in [2.75, 3.05) is 38.2 Å². The van der Waals surface area contributed by atoms with Gasteiger partial charge in [-0.2, -0.15) is 0 Å². The van der Waals surface area contributed by atoms with Crippen LogP contribution < -0.4 is 9.64 Å². The minimum atomic E-state index is -0.365. The molecule has 3 rings (SSSR count). The highest BCUT2D eigenvalue weighted by Crippen LogP contribution is 2.28. The van der Waals surface area contributed by atoms with E-state index in [0.717, 1.165) is 11.3 Å². The van der Waals surface area contributed by atoms with Crippen molar-refractivity contribution in [3.63, 3.8) is 0 Å². The van der Waals surface area contributed by atoms with Gasteiger partial charge in [0.05, 0.1) is 18.5 Å². The third-order valence-corrected chi connectivity index (χ3v) is 4.57. The summed E-state index contributed by atoms with van der Waals surface area (Å²) in [6.07, 6.45) is 0.343. The van der Waals surface area contributed by atoms with E-state index in [4.69, 9.17) is 4.74 Å². The van der Waals surface area contributed by atoms with E-state index in [9.17, 15) is 14.9 Å². The molecular weight excluding hydrogens is 334 g/mol. The van der Waals surface area contributed by atoms with Crippen LogP contribution in [0, 0.1) is 10.1 Å². The molecule has 0 bridgehead atoms. The van der Waals surface area contributed by atoms with Crippen LogP contribution in [0.15, 0.2) is 48.5 Å². The monoisotopic (exact) mass is 355 g/mol. The number of methoxy groups -OCH3 is 1. The number of rotatable bonds is 5. The molecule has 1 fully saturated rings. The summed E-state index contributed by atoms with van der Waals surface area (Å²) in [5.74, 6) is 0.830. The zero-order valence-electron chi connectivity index (χ0n) is 14.6. The maximum atomic E-state index is 12.5. The molecule has 7 nitrogen and oxygen atoms in total. The average Bonchev–Trinajstić information content (AvgIpc) is 2.68. The highest BCUT2D eigenvalue weighted by atomic mass is 16.6. The zero-order valence-corrected chi connectivity index (χ0v) is 14.6. The molecule has 0 spiro atoms. The second-order valence-electron chi connectivity index (χ2n) is 6.14. The molecule has 1 aliphatic heterocycles. The normalized spacial score (nSPS) is 14.2. The largest absolute Gasteiger partial charge is 0.497 e. The van der Waals surface area contributed by atoms with Crippen LogP contribution in [-0.2, 0) is 11.2 Å². The van der Waals surface area contributed by atoms with Gasteiger partial charge in [-0.15, -0.1) is 0 Å². The van der Waals surface area contributed by atoms with Crippen molar-refractivity contribution in [2.24, 2.45) is 0 Å². The third kappa shape index (κ3) is 3.93. The molecule has 2 aromatic rings. The van der Waals surface area contributed by atoms with Crippen LogP contribution in [0.3, 0.4) is 0 Å². The Morgan fingerprint density at radius 1 is 1.08 bits per heavy atom. The number of anilines is 1. The van der Waals surface area contributed by atoms with Gasteiger partial charge in [0, 0.05) is 32.2 Å². The number of amides is 1. The van der Waals surface area contributed by atoms with Gasteiger partial charge < -0.3 is 14.5 Å². The van der Waals surface area contributed by atoms with Crippen molar-refractivity contribution in [1.29, 1.82) is 0 Å². The summed E-state index contributed by atoms with van der Waals surface area (Å²) in [5, 5.41) is 11.2. The number of nitro groups is 1. The van der Waals surface area contributed by atoms with Crippen molar-refractivity contribution < 1.29 is 14.5 Å². The Morgan fingerprint density at radius 2 is 1.73 bits per heavy atom. The van der Waals surface area contributed by atoms with E-state index in [2.05, 4.69) is 0 Å². The van der Waals surface area contributed by atoms with Gasteiger partial charge in [-0.05, 0) is 23.8 Å². The Hall–Kier alpha value is -3.09. The van der Waals surface area contributed by atoms with Crippen LogP contribution >= 0.6 is 0 Å². The predicted molar refractivity (Wildman–Crippen MR) is 98.6 cm³/mol. The molecule has 7 heteroatoms. The summed E-state index contributed by atoms with van der Waals surface area (Å²) in [5.41, 5.74) is 1.65. The lowest BCUT2D eigenvalue weighted by Crippen LogP contribution is -2.49. The number of hydrogen-bond acceptors (Lipinski definition) is 5. The van der Waals surface area contributed by atoms with E-state index in [-0.39, 0.29) is 16.5 Å². The number of piperazine rings is 1. The molecule has 1 amide bonds. The van der Waals surface area contributed by atoms with Crippen molar-refractivity contribution in [2.45, 2.75) is 6.42 Å². The van der Waals surface area contributed by atoms with Crippen molar-refractivity contribution in [3.05, 3.63) is 64.2 Å². The average molecular weight is 355 g/mol. The summed E-state index contributed by atoms with van der Waals surface area (Å²) in [7, 11) is 1.61. The number of ether oxygens (including phenoxy) is 1. The number of carbonyl (C=O) groups is 1. The van der Waals surface area contributed by atoms with Crippen LogP contribution in [0.4, 0.5) is 11.4 Å². The molecule has 2 aromatic carbocycles. The summed E-state index contributed by atoms with van der Waals surface area (Å²) in [6.45, 7) is 2.28. The summed E-state index contributed by atoms with van der Waals surface area (Å²) >= 11 is 0. The number of carbonyl (C=O) groups excluding carboxylic acids is 1. The lowest BCUT2D eigenvalue weighted by Gasteiger charge is -2.35. The van der Waals surface area contributed by atoms with Gasteiger partial charge in [0.2, 0.25) is 5.91 Å². The van der Waals surface area contributed by atoms with Gasteiger partial charge in [0.15, 0.2) is 0 Å². The van der Waals surface area contributed by atoms with Crippen LogP contribution in [0.25, 0.3) is 0 Å². The second kappa shape index (κ2) is 7.86. The summed E-state index contributed by atoms with van der Waals surface area (Å²) in [6, 6.07) is 14.2. The molecule has 0 aromatic heterocycles. The highest BCUT2D eigenvalue weighted by molar-refractivity contribution is 5.79. The number of benzene rings is 2. The van der Waals surface area contributed by atoms with Gasteiger partial charge in [0.25, 0.3) is 5.69 Å². The molecule has 0 N–H and O–H groups in total. The van der Waals surface area contributed by atoms with Crippen LogP contribution in [-0.4, -0.2) is 49.0 Å². The SMILES string of the molecule is COc1ccc(CC(=O)N2CCN(c3ccccc3[N+](=O)[O-])CC2)cc1. The Bertz CT molecular complexity index is 784. The predicted octanol–water partition coefficient (Wildman–Crippen LogP) is 2.49. The van der Waals surface area contributed by atoms with Gasteiger partial charge in [-0.3, -0.25) is 14.9 Å². The smallest absolute Gasteiger partial charge is 0.292 e. The van der Waals surface area contributed by atoms with Gasteiger partial charge in [-0.25, -0.2) is 0 Å². The van der Waals surface area contributed by atoms with Gasteiger partial charge in [-0.1, -0.05) is 24.3 Å². The Kier molecular flexibility index (Phi) is 5.36. The van der Waals surface area contributed by atoms with Crippen LogP contribution in [0.5, 0.6) is 5.75 Å². The Labute approximate surface area is 151 Å². The lowest BCUT2D eigenvalue weighted by atomic mass is 10.1. The van der Waals surface area contributed by atoms with E-state index in [1.165, 1.54) is 6.07 Å². The van der Waals surface area contributed by atoms with Crippen molar-refractivity contribution >= 4 is 17.3 Å². The van der Waals surface area contributed by atoms with Crippen LogP contribution in [0.2, 0.25) is 0 Å². The molecule has 1 heterocycles. The molecule has 0 radical (unpaired) electrons. The Morgan fingerprint density at radius 3 is 2.35 bits per heavy atom. The van der Waals surface area contributed by atoms with Gasteiger partial charge in [0.1, 0.15) is 11.4 Å². The van der Waals surface area contributed by atoms with E-state index in [1.54, 1.807) is 25.3 Å². The lowest BCUT2D eigenvalue weighted by molar-refractivity contribution is -0.384. The zero-order chi connectivity index (χ0) is 18.5. The summed E-state index contributed by atoms with van der Waals surface area (Å²) < 4.78 is 5.12. The molecule has 1 aliphatic rings. The standard InChI is InChI=1S/C19H21N3O4/c1-26-16-8-6-15(7-9-16)14-19(23)21-12-10-20(11-13-21)17-4-2-3-5-18(17)22(24)25/h2-9H,10-14H2,1H3. The molecule has 1 saturated heterocycles. The van der Waals surface area contributed by atoms with E-state index in [1.807, 2.05) is 34.1 Å². The summed E-state index contributed by atoms with van der Waals surface area (Å²) in [4.78, 5) is 27.1. The minimum Gasteiger partial charge on any atom is -0.497 e. The molecule has 0 aliphatic carbocycles. The first-order chi connectivity index (χ1) is 12.6. The number of hydrogen-bond donors (Lipinski definition) is 0. The molecule has 0 unspecified atom stereocenters. The first kappa shape index (κ1) is 17.7. The number of nitro benzene ring substituents is 1. The van der Waals surface area contributed by atoms with E-state index >= 15 is 0 Å². The molecular formula is C19H21N3O4. The molecule has 136 valence electrons. The van der Waals surface area contributed by atoms with Crippen LogP contribution in [0.1, 0.15) is 5.56 Å². The first-order valence-electron chi connectivity index (χ1n) is 8.47. The van der Waals surface area contributed by atoms with Crippen molar-refractivity contribution in [1.82, 2.24) is 4.90 Å². The first-order valence-corrected chi connectivity index (χ1v) is 8.47. The fraction of sp³-hybridized carbons (Fsp3) is 0.316. The number of para-hydroxylation sites is 2. The topological polar surface area (TPSA) is 75.9 Å². The molecule has 26 heavy (non-hydrogen) atoms. The minimum absolute atomic E-state index is 0.0670. The fourth-order valence-electron chi connectivity index (χ4n) is 3.11. The van der Waals surface area contributed by atoms with Gasteiger partial charge >= 0.3 is 0 Å². The third-order valence-electron chi connectivity index (χ3n) is 4.57. The van der Waals surface area contributed by atoms with E-state index < -0.39 is 0 Å². The van der Waals surface area contributed by atoms with E-state index in [0.29, 0.717) is 38.3 Å². The quantitative estimate of drug-likeness (QED) is 0.608. The maximum Gasteiger partial charge on any atom is 0.292 e. The molecule has 0 atom stereocenters. The second-order valence-corrected chi connectivity index (χ2v) is 6.14. The number of nitrogens with zero attached hydrogens (tertiary/aromatic N) is 3. The highest BCUT2D eigenvalue weighted by Gasteiger charge is 2.25. The molecule has 0 saturated carbocycles. The Balaban J connectivity index is 1.59.